The van der Waals surface area contributed by atoms with Gasteiger partial charge in [0.1, 0.15) is 11.4 Å². The fourth-order valence-electron chi connectivity index (χ4n) is 2.14. The summed E-state index contributed by atoms with van der Waals surface area (Å²) in [6.07, 6.45) is 1.92. The molecule has 0 aliphatic carbocycles. The molecule has 0 atom stereocenters. The second-order valence-corrected chi connectivity index (χ2v) is 5.38. The second kappa shape index (κ2) is 6.09. The molecule has 4 heteroatoms. The quantitative estimate of drug-likeness (QED) is 0.910. The van der Waals surface area contributed by atoms with Gasteiger partial charge in [0.2, 0.25) is 0 Å². The van der Waals surface area contributed by atoms with Crippen LogP contribution in [0.2, 0.25) is 0 Å². The van der Waals surface area contributed by atoms with Crippen molar-refractivity contribution >= 4 is 0 Å². The van der Waals surface area contributed by atoms with Crippen LogP contribution in [-0.2, 0) is 6.54 Å². The highest BCUT2D eigenvalue weighted by Gasteiger charge is 2.12. The zero-order valence-electron chi connectivity index (χ0n) is 12.9. The molecule has 1 heterocycles. The van der Waals surface area contributed by atoms with Crippen LogP contribution in [-0.4, -0.2) is 22.9 Å². The van der Waals surface area contributed by atoms with Crippen molar-refractivity contribution in [3.8, 4) is 11.4 Å². The molecule has 0 aliphatic heterocycles. The summed E-state index contributed by atoms with van der Waals surface area (Å²) < 4.78 is 7.39. The summed E-state index contributed by atoms with van der Waals surface area (Å²) in [5, 5.41) is 7.93. The molecule has 0 spiro atoms. The molecular weight excluding hydrogens is 250 g/mol. The van der Waals surface area contributed by atoms with Crippen LogP contribution >= 0.6 is 0 Å². The Labute approximate surface area is 120 Å². The highest BCUT2D eigenvalue weighted by atomic mass is 16.5. The number of ether oxygens (including phenoxy) is 1. The van der Waals surface area contributed by atoms with Crippen molar-refractivity contribution in [2.45, 2.75) is 40.3 Å². The van der Waals surface area contributed by atoms with Gasteiger partial charge < -0.3 is 10.1 Å². The van der Waals surface area contributed by atoms with E-state index < -0.39 is 0 Å². The highest BCUT2D eigenvalue weighted by Crippen LogP contribution is 2.25. The van der Waals surface area contributed by atoms with Crippen LogP contribution in [0.3, 0.4) is 0 Å². The molecule has 0 radical (unpaired) electrons. The van der Waals surface area contributed by atoms with E-state index in [0.29, 0.717) is 6.04 Å². The molecular formula is C16H23N3O. The van der Waals surface area contributed by atoms with E-state index in [0.717, 1.165) is 23.7 Å². The smallest absolute Gasteiger partial charge is 0.144 e. The molecule has 0 unspecified atom stereocenters. The maximum atomic E-state index is 5.44. The van der Waals surface area contributed by atoms with Crippen molar-refractivity contribution in [3.63, 3.8) is 0 Å². The third kappa shape index (κ3) is 3.02. The van der Waals surface area contributed by atoms with Gasteiger partial charge in [-0.3, -0.25) is 0 Å². The van der Waals surface area contributed by atoms with Gasteiger partial charge in [-0.25, -0.2) is 4.68 Å². The first-order chi connectivity index (χ1) is 9.52. The Hall–Kier alpha value is -1.81. The van der Waals surface area contributed by atoms with Gasteiger partial charge >= 0.3 is 0 Å². The number of nitrogens with zero attached hydrogens (tertiary/aromatic N) is 2. The number of nitrogens with one attached hydrogen (secondary N) is 1. The minimum absolute atomic E-state index is 0.464. The zero-order chi connectivity index (χ0) is 14.7. The lowest BCUT2D eigenvalue weighted by Crippen LogP contribution is -2.22. The maximum Gasteiger partial charge on any atom is 0.144 e. The van der Waals surface area contributed by atoms with Crippen molar-refractivity contribution in [2.24, 2.45) is 0 Å². The minimum atomic E-state index is 0.464. The largest absolute Gasteiger partial charge is 0.494 e. The Morgan fingerprint density at radius 1 is 1.30 bits per heavy atom. The Morgan fingerprint density at radius 3 is 2.70 bits per heavy atom. The van der Waals surface area contributed by atoms with E-state index in [1.165, 1.54) is 11.1 Å². The average molecular weight is 273 g/mol. The normalized spacial score (nSPS) is 11.1. The van der Waals surface area contributed by atoms with E-state index in [4.69, 9.17) is 4.74 Å². The van der Waals surface area contributed by atoms with Gasteiger partial charge in [0, 0.05) is 23.8 Å². The molecule has 0 saturated carbocycles. The first-order valence-electron chi connectivity index (χ1n) is 6.94. The summed E-state index contributed by atoms with van der Waals surface area (Å²) in [5.74, 6) is 0.838. The molecule has 108 valence electrons. The van der Waals surface area contributed by atoms with Gasteiger partial charge in [0.05, 0.1) is 13.3 Å². The number of rotatable bonds is 5. The summed E-state index contributed by atoms with van der Waals surface area (Å²) in [4.78, 5) is 0. The molecule has 0 fully saturated rings. The summed E-state index contributed by atoms with van der Waals surface area (Å²) in [6, 6.07) is 6.59. The van der Waals surface area contributed by atoms with Crippen molar-refractivity contribution < 1.29 is 4.74 Å². The molecule has 0 amide bonds. The predicted molar refractivity (Wildman–Crippen MR) is 81.6 cm³/mol. The second-order valence-electron chi connectivity index (χ2n) is 5.38. The molecule has 20 heavy (non-hydrogen) atoms. The molecule has 1 aromatic carbocycles. The van der Waals surface area contributed by atoms with E-state index in [-0.39, 0.29) is 0 Å². The highest BCUT2D eigenvalue weighted by molar-refractivity contribution is 5.49. The Balaban J connectivity index is 2.36. The predicted octanol–water partition coefficient (Wildman–Crippen LogP) is 3.00. The van der Waals surface area contributed by atoms with Crippen molar-refractivity contribution in [1.29, 1.82) is 0 Å². The maximum absolute atomic E-state index is 5.44. The lowest BCUT2D eigenvalue weighted by atomic mass is 10.2. The first kappa shape index (κ1) is 14.6. The van der Waals surface area contributed by atoms with Crippen molar-refractivity contribution in [1.82, 2.24) is 15.1 Å². The van der Waals surface area contributed by atoms with E-state index in [9.17, 15) is 0 Å². The van der Waals surface area contributed by atoms with E-state index in [1.807, 2.05) is 23.0 Å². The standard InChI is InChI=1S/C16H23N3O/c1-11(2)17-9-14-10-18-19(13(14)4)15-8-12(3)6-7-16(15)20-5/h6-8,10-11,17H,9H2,1-5H3. The lowest BCUT2D eigenvalue weighted by Gasteiger charge is -2.12. The van der Waals surface area contributed by atoms with E-state index >= 15 is 0 Å². The van der Waals surface area contributed by atoms with Gasteiger partial charge in [-0.05, 0) is 31.5 Å². The molecule has 2 rings (SSSR count). The lowest BCUT2D eigenvalue weighted by molar-refractivity contribution is 0.411. The number of hydrogen-bond acceptors (Lipinski definition) is 3. The molecule has 0 bridgehead atoms. The fraction of sp³-hybridized carbons (Fsp3) is 0.438. The van der Waals surface area contributed by atoms with E-state index in [1.54, 1.807) is 7.11 Å². The third-order valence-corrected chi connectivity index (χ3v) is 3.37. The van der Waals surface area contributed by atoms with Gasteiger partial charge in [-0.15, -0.1) is 0 Å². The van der Waals surface area contributed by atoms with E-state index in [2.05, 4.69) is 44.2 Å². The molecule has 2 aromatic rings. The molecule has 0 aliphatic rings. The van der Waals surface area contributed by atoms with Crippen LogP contribution in [0.1, 0.15) is 30.7 Å². The molecule has 1 N–H and O–H groups in total. The number of hydrogen-bond donors (Lipinski definition) is 1. The van der Waals surface area contributed by atoms with Crippen molar-refractivity contribution in [3.05, 3.63) is 41.2 Å². The first-order valence-corrected chi connectivity index (χ1v) is 6.94. The van der Waals surface area contributed by atoms with Gasteiger partial charge in [-0.1, -0.05) is 19.9 Å². The summed E-state index contributed by atoms with van der Waals surface area (Å²) in [7, 11) is 1.69. The van der Waals surface area contributed by atoms with Crippen LogP contribution in [0.4, 0.5) is 0 Å². The third-order valence-electron chi connectivity index (χ3n) is 3.37. The molecule has 0 saturated heterocycles. The summed E-state index contributed by atoms with van der Waals surface area (Å²) in [6.45, 7) is 9.28. The van der Waals surface area contributed by atoms with Crippen LogP contribution in [0.25, 0.3) is 5.69 Å². The molecule has 4 nitrogen and oxygen atoms in total. The zero-order valence-corrected chi connectivity index (χ0v) is 12.9. The average Bonchev–Trinajstić information content (AvgIpc) is 2.77. The van der Waals surface area contributed by atoms with Gasteiger partial charge in [0.25, 0.3) is 0 Å². The monoisotopic (exact) mass is 273 g/mol. The summed E-state index contributed by atoms with van der Waals surface area (Å²) in [5.41, 5.74) is 4.53. The Kier molecular flexibility index (Phi) is 4.45. The number of aryl methyl sites for hydroxylation is 1. The fourth-order valence-corrected chi connectivity index (χ4v) is 2.14. The van der Waals surface area contributed by atoms with Crippen LogP contribution < -0.4 is 10.1 Å². The summed E-state index contributed by atoms with van der Waals surface area (Å²) >= 11 is 0. The number of benzene rings is 1. The minimum Gasteiger partial charge on any atom is -0.494 e. The van der Waals surface area contributed by atoms with Gasteiger partial charge in [-0.2, -0.15) is 5.10 Å². The Morgan fingerprint density at radius 2 is 2.05 bits per heavy atom. The number of aromatic nitrogens is 2. The SMILES string of the molecule is COc1ccc(C)cc1-n1ncc(CNC(C)C)c1C. The van der Waals surface area contributed by atoms with Crippen LogP contribution in [0.5, 0.6) is 5.75 Å². The Bertz CT molecular complexity index is 587. The van der Waals surface area contributed by atoms with Crippen molar-refractivity contribution in [2.75, 3.05) is 7.11 Å². The number of methoxy groups -OCH3 is 1. The van der Waals surface area contributed by atoms with Crippen LogP contribution in [0, 0.1) is 13.8 Å². The van der Waals surface area contributed by atoms with Gasteiger partial charge in [0.15, 0.2) is 0 Å². The topological polar surface area (TPSA) is 39.1 Å². The van der Waals surface area contributed by atoms with Crippen LogP contribution in [0.15, 0.2) is 24.4 Å². The molecule has 1 aromatic heterocycles.